The number of nitrogens with one attached hydrogen (secondary N) is 1. The van der Waals surface area contributed by atoms with Crippen LogP contribution in [0, 0.1) is 6.92 Å². The van der Waals surface area contributed by atoms with Crippen molar-refractivity contribution in [1.29, 1.82) is 0 Å². The van der Waals surface area contributed by atoms with Gasteiger partial charge in [0.1, 0.15) is 11.3 Å². The van der Waals surface area contributed by atoms with Crippen LogP contribution < -0.4 is 5.32 Å². The molecule has 104 valence electrons. The highest BCUT2D eigenvalue weighted by Gasteiger charge is 2.21. The van der Waals surface area contributed by atoms with Crippen molar-refractivity contribution in [2.75, 3.05) is 5.32 Å². The van der Waals surface area contributed by atoms with Gasteiger partial charge in [0.15, 0.2) is 0 Å². The molecule has 1 aromatic heterocycles. The Morgan fingerprint density at radius 3 is 2.50 bits per heavy atom. The highest BCUT2D eigenvalue weighted by molar-refractivity contribution is 7.09. The monoisotopic (exact) mass is 330 g/mol. The molecule has 0 unspecified atom stereocenters. The Hall–Kier alpha value is -1.63. The van der Waals surface area contributed by atoms with Crippen molar-refractivity contribution >= 4 is 52.1 Å². The summed E-state index contributed by atoms with van der Waals surface area (Å²) >= 11 is 13.1. The zero-order valence-corrected chi connectivity index (χ0v) is 12.4. The van der Waals surface area contributed by atoms with E-state index in [9.17, 15) is 9.59 Å². The minimum atomic E-state index is -1.28. The minimum Gasteiger partial charge on any atom is -0.478 e. The van der Waals surface area contributed by atoms with E-state index in [1.807, 2.05) is 0 Å². The van der Waals surface area contributed by atoms with Crippen LogP contribution in [0.25, 0.3) is 0 Å². The number of benzene rings is 1. The number of hydrogen-bond donors (Lipinski definition) is 2. The highest BCUT2D eigenvalue weighted by atomic mass is 35.5. The molecule has 8 heteroatoms. The van der Waals surface area contributed by atoms with Gasteiger partial charge in [-0.25, -0.2) is 9.78 Å². The molecule has 0 aliphatic rings. The lowest BCUT2D eigenvalue weighted by molar-refractivity contribution is 0.0698. The molecule has 1 amide bonds. The van der Waals surface area contributed by atoms with Crippen molar-refractivity contribution in [2.24, 2.45) is 0 Å². The molecule has 0 atom stereocenters. The second-order valence-corrected chi connectivity index (χ2v) is 5.67. The van der Waals surface area contributed by atoms with Gasteiger partial charge in [-0.15, -0.1) is 11.3 Å². The topological polar surface area (TPSA) is 79.3 Å². The number of aryl methyl sites for hydroxylation is 1. The zero-order valence-electron chi connectivity index (χ0n) is 10.1. The molecule has 5 nitrogen and oxygen atoms in total. The second kappa shape index (κ2) is 5.78. The van der Waals surface area contributed by atoms with E-state index in [0.29, 0.717) is 0 Å². The number of carbonyl (C=O) groups is 2. The van der Waals surface area contributed by atoms with E-state index >= 15 is 0 Å². The first-order chi connectivity index (χ1) is 9.40. The Labute approximate surface area is 128 Å². The average Bonchev–Trinajstić information content (AvgIpc) is 2.80. The zero-order chi connectivity index (χ0) is 14.9. The summed E-state index contributed by atoms with van der Waals surface area (Å²) < 4.78 is 0. The number of carbonyl (C=O) groups excluding carboxylic acids is 1. The molecule has 1 heterocycles. The number of aromatic nitrogens is 1. The molecule has 0 radical (unpaired) electrons. The normalized spacial score (nSPS) is 10.3. The smallest absolute Gasteiger partial charge is 0.339 e. The predicted molar refractivity (Wildman–Crippen MR) is 78.2 cm³/mol. The maximum absolute atomic E-state index is 12.0. The number of aromatic carboxylic acids is 1. The fourth-order valence-corrected chi connectivity index (χ4v) is 2.56. The van der Waals surface area contributed by atoms with Crippen LogP contribution in [-0.2, 0) is 0 Å². The molecule has 0 fully saturated rings. The molecule has 2 N–H and O–H groups in total. The lowest BCUT2D eigenvalue weighted by Crippen LogP contribution is -2.16. The van der Waals surface area contributed by atoms with Crippen LogP contribution in [-0.4, -0.2) is 22.0 Å². The number of amides is 1. The molecule has 20 heavy (non-hydrogen) atoms. The van der Waals surface area contributed by atoms with Gasteiger partial charge in [0.25, 0.3) is 5.91 Å². The largest absolute Gasteiger partial charge is 0.478 e. The Morgan fingerprint density at radius 2 is 1.95 bits per heavy atom. The number of thiazole rings is 1. The molecule has 0 aliphatic heterocycles. The van der Waals surface area contributed by atoms with E-state index < -0.39 is 11.9 Å². The van der Waals surface area contributed by atoms with Gasteiger partial charge in [0.05, 0.1) is 20.7 Å². The van der Waals surface area contributed by atoms with Gasteiger partial charge in [-0.3, -0.25) is 4.79 Å². The molecule has 0 bridgehead atoms. The van der Waals surface area contributed by atoms with Crippen LogP contribution in [0.5, 0.6) is 0 Å². The molecule has 2 rings (SSSR count). The standard InChI is InChI=1S/C12H8Cl2N2O3S/c1-5-15-8(4-20-5)11(17)16-10-7(14)3-2-6(13)9(10)12(18)19/h2-4H,1H3,(H,16,17)(H,18,19). The lowest BCUT2D eigenvalue weighted by atomic mass is 10.1. The van der Waals surface area contributed by atoms with Crippen molar-refractivity contribution in [2.45, 2.75) is 6.92 Å². The average molecular weight is 331 g/mol. The third-order valence-electron chi connectivity index (χ3n) is 2.41. The maximum atomic E-state index is 12.0. The van der Waals surface area contributed by atoms with E-state index in [0.717, 1.165) is 5.01 Å². The third-order valence-corrected chi connectivity index (χ3v) is 3.81. The molecule has 0 aliphatic carbocycles. The van der Waals surface area contributed by atoms with E-state index in [-0.39, 0.29) is 27.0 Å². The van der Waals surface area contributed by atoms with Crippen LogP contribution in [0.4, 0.5) is 5.69 Å². The van der Waals surface area contributed by atoms with Crippen molar-refractivity contribution in [3.8, 4) is 0 Å². The van der Waals surface area contributed by atoms with Crippen molar-refractivity contribution in [3.05, 3.63) is 43.8 Å². The number of carboxylic acid groups (broad SMARTS) is 1. The quantitative estimate of drug-likeness (QED) is 0.899. The number of halogens is 2. The first-order valence-electron chi connectivity index (χ1n) is 5.35. The maximum Gasteiger partial charge on any atom is 0.339 e. The molecular weight excluding hydrogens is 323 g/mol. The predicted octanol–water partition coefficient (Wildman–Crippen LogP) is 3.71. The fourth-order valence-electron chi connectivity index (χ4n) is 1.53. The van der Waals surface area contributed by atoms with Crippen LogP contribution in [0.3, 0.4) is 0 Å². The first kappa shape index (κ1) is 14.8. The minimum absolute atomic E-state index is 0.00772. The Bertz CT molecular complexity index is 700. The van der Waals surface area contributed by atoms with E-state index in [2.05, 4.69) is 10.3 Å². The molecule has 0 saturated heterocycles. The summed E-state index contributed by atoms with van der Waals surface area (Å²) in [5.41, 5.74) is -0.0957. The summed E-state index contributed by atoms with van der Waals surface area (Å²) in [4.78, 5) is 27.2. The third kappa shape index (κ3) is 2.92. The number of rotatable bonds is 3. The summed E-state index contributed by atoms with van der Waals surface area (Å²) in [6, 6.07) is 2.77. The molecule has 0 spiro atoms. The summed E-state index contributed by atoms with van der Waals surface area (Å²) in [6.07, 6.45) is 0. The van der Waals surface area contributed by atoms with E-state index in [1.54, 1.807) is 12.3 Å². The van der Waals surface area contributed by atoms with Gasteiger partial charge in [-0.1, -0.05) is 23.2 Å². The fraction of sp³-hybridized carbons (Fsp3) is 0.0833. The molecule has 1 aromatic carbocycles. The van der Waals surface area contributed by atoms with Crippen molar-refractivity contribution in [3.63, 3.8) is 0 Å². The van der Waals surface area contributed by atoms with Crippen molar-refractivity contribution < 1.29 is 14.7 Å². The number of nitrogens with zero attached hydrogens (tertiary/aromatic N) is 1. The van der Waals surface area contributed by atoms with Gasteiger partial charge < -0.3 is 10.4 Å². The van der Waals surface area contributed by atoms with Crippen LogP contribution in [0.15, 0.2) is 17.5 Å². The van der Waals surface area contributed by atoms with Crippen LogP contribution in [0.1, 0.15) is 25.9 Å². The van der Waals surface area contributed by atoms with Gasteiger partial charge in [0.2, 0.25) is 0 Å². The summed E-state index contributed by atoms with van der Waals surface area (Å²) in [6.45, 7) is 1.76. The molecule has 0 saturated carbocycles. The summed E-state index contributed by atoms with van der Waals surface area (Å²) in [7, 11) is 0. The number of carboxylic acids is 1. The van der Waals surface area contributed by atoms with E-state index in [1.165, 1.54) is 23.5 Å². The van der Waals surface area contributed by atoms with Gasteiger partial charge in [-0.2, -0.15) is 0 Å². The SMILES string of the molecule is Cc1nc(C(=O)Nc2c(Cl)ccc(Cl)c2C(=O)O)cs1. The van der Waals surface area contributed by atoms with E-state index in [4.69, 9.17) is 28.3 Å². The second-order valence-electron chi connectivity index (χ2n) is 3.79. The number of hydrogen-bond acceptors (Lipinski definition) is 4. The Kier molecular flexibility index (Phi) is 4.27. The lowest BCUT2D eigenvalue weighted by Gasteiger charge is -2.10. The summed E-state index contributed by atoms with van der Waals surface area (Å²) in [5.74, 6) is -1.82. The Balaban J connectivity index is 2.41. The summed E-state index contributed by atoms with van der Waals surface area (Å²) in [5, 5.41) is 14.0. The van der Waals surface area contributed by atoms with Crippen LogP contribution in [0.2, 0.25) is 10.0 Å². The molecule has 2 aromatic rings. The van der Waals surface area contributed by atoms with Crippen molar-refractivity contribution in [1.82, 2.24) is 4.98 Å². The Morgan fingerprint density at radius 1 is 1.30 bits per heavy atom. The van der Waals surface area contributed by atoms with Gasteiger partial charge in [0, 0.05) is 5.38 Å². The van der Waals surface area contributed by atoms with Gasteiger partial charge in [-0.05, 0) is 19.1 Å². The first-order valence-corrected chi connectivity index (χ1v) is 6.98. The highest BCUT2D eigenvalue weighted by Crippen LogP contribution is 2.32. The van der Waals surface area contributed by atoms with Gasteiger partial charge >= 0.3 is 5.97 Å². The number of anilines is 1. The molecular formula is C12H8Cl2N2O3S. The van der Waals surface area contributed by atoms with Crippen LogP contribution >= 0.6 is 34.5 Å².